The van der Waals surface area contributed by atoms with Crippen molar-refractivity contribution < 1.29 is 19.2 Å². The van der Waals surface area contributed by atoms with Crippen LogP contribution in [0.25, 0.3) is 6.08 Å². The molecule has 0 radical (unpaired) electrons. The van der Waals surface area contributed by atoms with Crippen molar-refractivity contribution in [2.24, 2.45) is 0 Å². The molecule has 172 valence electrons. The summed E-state index contributed by atoms with van der Waals surface area (Å²) in [4.78, 5) is 53.1. The fraction of sp³-hybridized carbons (Fsp3) is 0.125. The Kier molecular flexibility index (Phi) is 7.26. The van der Waals surface area contributed by atoms with E-state index in [2.05, 4.69) is 5.32 Å². The SMILES string of the molecule is O=C(CN1C(=O)C[C@H](N2C(=O)/C(=C/C=C/c3ccccc3)SC2=S)C1=O)Nc1ccc(Cl)cc1. The predicted octanol–water partition coefficient (Wildman–Crippen LogP) is 3.86. The third-order valence-electron chi connectivity index (χ3n) is 5.12. The summed E-state index contributed by atoms with van der Waals surface area (Å²) in [5.41, 5.74) is 1.45. The van der Waals surface area contributed by atoms with Gasteiger partial charge in [0.05, 0.1) is 11.3 Å². The Labute approximate surface area is 210 Å². The van der Waals surface area contributed by atoms with Gasteiger partial charge in [-0.15, -0.1) is 0 Å². The summed E-state index contributed by atoms with van der Waals surface area (Å²) in [6.45, 7) is -0.457. The number of carbonyl (C=O) groups is 4. The number of allylic oxidation sites excluding steroid dienone is 2. The van der Waals surface area contributed by atoms with E-state index >= 15 is 0 Å². The van der Waals surface area contributed by atoms with Crippen molar-refractivity contribution in [3.8, 4) is 0 Å². The first-order valence-corrected chi connectivity index (χ1v) is 11.8. The van der Waals surface area contributed by atoms with E-state index in [1.165, 1.54) is 4.90 Å². The molecule has 34 heavy (non-hydrogen) atoms. The number of nitrogens with zero attached hydrogens (tertiary/aromatic N) is 2. The molecule has 4 rings (SSSR count). The van der Waals surface area contributed by atoms with Gasteiger partial charge < -0.3 is 5.32 Å². The summed E-state index contributed by atoms with van der Waals surface area (Å²) in [5, 5.41) is 3.12. The van der Waals surface area contributed by atoms with Gasteiger partial charge in [0.15, 0.2) is 0 Å². The van der Waals surface area contributed by atoms with Crippen LogP contribution in [-0.4, -0.2) is 50.3 Å². The average Bonchev–Trinajstić information content (AvgIpc) is 3.25. The summed E-state index contributed by atoms with van der Waals surface area (Å²) >= 11 is 12.2. The highest BCUT2D eigenvalue weighted by Crippen LogP contribution is 2.35. The Bertz CT molecular complexity index is 1230. The second-order valence-corrected chi connectivity index (χ2v) is 9.55. The predicted molar refractivity (Wildman–Crippen MR) is 136 cm³/mol. The molecule has 1 N–H and O–H groups in total. The number of hydrogen-bond donors (Lipinski definition) is 1. The molecule has 0 aromatic heterocycles. The zero-order valence-corrected chi connectivity index (χ0v) is 20.0. The molecule has 2 aliphatic rings. The Balaban J connectivity index is 1.42. The van der Waals surface area contributed by atoms with Crippen molar-refractivity contribution in [2.75, 3.05) is 11.9 Å². The Hall–Kier alpha value is -3.27. The summed E-state index contributed by atoms with van der Waals surface area (Å²) in [5.74, 6) is -2.15. The van der Waals surface area contributed by atoms with Gasteiger partial charge in [-0.05, 0) is 35.9 Å². The van der Waals surface area contributed by atoms with Crippen molar-refractivity contribution in [1.82, 2.24) is 9.80 Å². The van der Waals surface area contributed by atoms with Gasteiger partial charge in [-0.1, -0.05) is 78.1 Å². The molecule has 2 fully saturated rings. The highest BCUT2D eigenvalue weighted by molar-refractivity contribution is 8.26. The van der Waals surface area contributed by atoms with E-state index in [1.54, 1.807) is 36.4 Å². The number of nitrogens with one attached hydrogen (secondary N) is 1. The van der Waals surface area contributed by atoms with E-state index < -0.39 is 36.2 Å². The first kappa shape index (κ1) is 23.9. The molecule has 0 bridgehead atoms. The monoisotopic (exact) mass is 511 g/mol. The number of likely N-dealkylation sites (tertiary alicyclic amines) is 1. The quantitative estimate of drug-likeness (QED) is 0.360. The Morgan fingerprint density at radius 2 is 1.82 bits per heavy atom. The van der Waals surface area contributed by atoms with Crippen LogP contribution >= 0.6 is 35.6 Å². The van der Waals surface area contributed by atoms with Gasteiger partial charge in [0.25, 0.3) is 11.8 Å². The number of halogens is 1. The van der Waals surface area contributed by atoms with Gasteiger partial charge in [0, 0.05) is 10.7 Å². The highest BCUT2D eigenvalue weighted by Gasteiger charge is 2.48. The van der Waals surface area contributed by atoms with Crippen LogP contribution in [0.15, 0.2) is 71.7 Å². The summed E-state index contributed by atoms with van der Waals surface area (Å²) in [6, 6.07) is 14.9. The number of thiocarbonyl (C=S) groups is 1. The van der Waals surface area contributed by atoms with Crippen LogP contribution in [0, 0.1) is 0 Å². The number of hydrogen-bond acceptors (Lipinski definition) is 6. The molecule has 4 amide bonds. The van der Waals surface area contributed by atoms with Crippen LogP contribution in [0.5, 0.6) is 0 Å². The molecule has 2 aromatic rings. The topological polar surface area (TPSA) is 86.8 Å². The molecule has 10 heteroatoms. The van der Waals surface area contributed by atoms with Crippen molar-refractivity contribution in [2.45, 2.75) is 12.5 Å². The largest absolute Gasteiger partial charge is 0.325 e. The van der Waals surface area contributed by atoms with Gasteiger partial charge in [0.1, 0.15) is 16.9 Å². The van der Waals surface area contributed by atoms with Gasteiger partial charge in [-0.3, -0.25) is 29.0 Å². The molecule has 2 saturated heterocycles. The van der Waals surface area contributed by atoms with Crippen LogP contribution in [0.1, 0.15) is 12.0 Å². The summed E-state index contributed by atoms with van der Waals surface area (Å²) in [6.07, 6.45) is 4.98. The minimum absolute atomic E-state index is 0.197. The van der Waals surface area contributed by atoms with Crippen LogP contribution in [0.4, 0.5) is 5.69 Å². The molecule has 0 unspecified atom stereocenters. The first-order chi connectivity index (χ1) is 16.3. The maximum Gasteiger partial charge on any atom is 0.266 e. The fourth-order valence-electron chi connectivity index (χ4n) is 3.48. The van der Waals surface area contributed by atoms with E-state index in [0.717, 1.165) is 22.2 Å². The second-order valence-electron chi connectivity index (χ2n) is 7.44. The van der Waals surface area contributed by atoms with Gasteiger partial charge >= 0.3 is 0 Å². The van der Waals surface area contributed by atoms with Gasteiger partial charge in [-0.25, -0.2) is 0 Å². The maximum absolute atomic E-state index is 12.9. The minimum atomic E-state index is -1.06. The van der Waals surface area contributed by atoms with Crippen molar-refractivity contribution in [3.05, 3.63) is 82.2 Å². The van der Waals surface area contributed by atoms with Gasteiger partial charge in [-0.2, -0.15) is 0 Å². The lowest BCUT2D eigenvalue weighted by atomic mass is 10.2. The zero-order chi connectivity index (χ0) is 24.2. The number of amides is 4. The Morgan fingerprint density at radius 3 is 2.53 bits per heavy atom. The molecule has 0 spiro atoms. The van der Waals surface area contributed by atoms with Crippen LogP contribution in [0.3, 0.4) is 0 Å². The van der Waals surface area contributed by atoms with Crippen molar-refractivity contribution in [3.63, 3.8) is 0 Å². The molecule has 1 atom stereocenters. The molecule has 2 heterocycles. The number of benzene rings is 2. The van der Waals surface area contributed by atoms with Gasteiger partial charge in [0.2, 0.25) is 11.8 Å². The lowest BCUT2D eigenvalue weighted by Crippen LogP contribution is -2.45. The molecular formula is C24H18ClN3O4S2. The number of thioether (sulfide) groups is 1. The molecular weight excluding hydrogens is 494 g/mol. The lowest BCUT2D eigenvalue weighted by Gasteiger charge is -2.21. The van der Waals surface area contributed by atoms with Crippen LogP contribution in [0.2, 0.25) is 5.02 Å². The number of imide groups is 1. The van der Waals surface area contributed by atoms with Crippen LogP contribution in [-0.2, 0) is 19.2 Å². The summed E-state index contributed by atoms with van der Waals surface area (Å²) in [7, 11) is 0. The third kappa shape index (κ3) is 5.27. The van der Waals surface area contributed by atoms with Crippen LogP contribution < -0.4 is 5.32 Å². The second kappa shape index (κ2) is 10.3. The maximum atomic E-state index is 12.9. The van der Waals surface area contributed by atoms with E-state index in [1.807, 2.05) is 36.4 Å². The standard InChI is InChI=1S/C24H18ClN3O4S2/c25-16-9-11-17(12-10-16)26-20(29)14-27-21(30)13-18(22(27)31)28-23(32)19(34-24(28)33)8-4-7-15-5-2-1-3-6-15/h1-12,18H,13-14H2,(H,26,29)/b7-4+,19-8-/t18-/m0/s1. The Morgan fingerprint density at radius 1 is 1.12 bits per heavy atom. The molecule has 2 aliphatic heterocycles. The van der Waals surface area contributed by atoms with E-state index in [4.69, 9.17) is 23.8 Å². The molecule has 7 nitrogen and oxygen atoms in total. The highest BCUT2D eigenvalue weighted by atomic mass is 35.5. The average molecular weight is 512 g/mol. The third-order valence-corrected chi connectivity index (χ3v) is 6.72. The fourth-order valence-corrected chi connectivity index (χ4v) is 4.92. The zero-order valence-electron chi connectivity index (χ0n) is 17.6. The number of anilines is 1. The van der Waals surface area contributed by atoms with E-state index in [0.29, 0.717) is 15.6 Å². The molecule has 0 saturated carbocycles. The molecule has 2 aromatic carbocycles. The summed E-state index contributed by atoms with van der Waals surface area (Å²) < 4.78 is 0.197. The minimum Gasteiger partial charge on any atom is -0.325 e. The van der Waals surface area contributed by atoms with Crippen molar-refractivity contribution >= 4 is 75.3 Å². The molecule has 0 aliphatic carbocycles. The normalized spacial score (nSPS) is 19.7. The smallest absolute Gasteiger partial charge is 0.266 e. The number of rotatable bonds is 6. The number of carbonyl (C=O) groups excluding carboxylic acids is 4. The van der Waals surface area contributed by atoms with E-state index in [-0.39, 0.29) is 10.7 Å². The van der Waals surface area contributed by atoms with Crippen molar-refractivity contribution in [1.29, 1.82) is 0 Å². The first-order valence-electron chi connectivity index (χ1n) is 10.2. The van der Waals surface area contributed by atoms with E-state index in [9.17, 15) is 19.2 Å². The lowest BCUT2D eigenvalue weighted by molar-refractivity contribution is -0.143.